The first-order valence-corrected chi connectivity index (χ1v) is 6.56. The second-order valence-electron chi connectivity index (χ2n) is 3.84. The maximum absolute atomic E-state index is 12.4. The Morgan fingerprint density at radius 1 is 1.00 bits per heavy atom. The summed E-state index contributed by atoms with van der Waals surface area (Å²) in [6.07, 6.45) is 0. The van der Waals surface area contributed by atoms with E-state index in [9.17, 15) is 9.00 Å². The number of carbonyl (C=O) groups is 1. The minimum Gasteiger partial charge on any atom is -0.478 e. The molecule has 1 N–H and O–H groups in total. The average Bonchev–Trinajstić information content (AvgIpc) is 2.38. The smallest absolute Gasteiger partial charge is 0.336 e. The van der Waals surface area contributed by atoms with E-state index in [0.29, 0.717) is 9.79 Å². The fraction of sp³-hybridized carbons (Fsp3) is 0.0714. The van der Waals surface area contributed by atoms with Crippen LogP contribution in [0.1, 0.15) is 15.9 Å². The highest BCUT2D eigenvalue weighted by Crippen LogP contribution is 2.22. The van der Waals surface area contributed by atoms with Gasteiger partial charge >= 0.3 is 5.97 Å². The van der Waals surface area contributed by atoms with E-state index in [0.717, 1.165) is 5.56 Å². The Morgan fingerprint density at radius 2 is 1.56 bits per heavy atom. The summed E-state index contributed by atoms with van der Waals surface area (Å²) in [5.74, 6) is -1.06. The van der Waals surface area contributed by atoms with Crippen molar-refractivity contribution in [2.24, 2.45) is 0 Å². The predicted molar refractivity (Wildman–Crippen MR) is 69.3 cm³/mol. The van der Waals surface area contributed by atoms with Gasteiger partial charge in [0.05, 0.1) is 21.3 Å². The number of carboxylic acids is 1. The molecule has 0 unspecified atom stereocenters. The molecule has 0 fully saturated rings. The van der Waals surface area contributed by atoms with Gasteiger partial charge < -0.3 is 5.11 Å². The molecule has 4 heteroatoms. The fourth-order valence-electron chi connectivity index (χ4n) is 1.69. The molecule has 2 aromatic rings. The number of rotatable bonds is 3. The molecule has 0 saturated heterocycles. The monoisotopic (exact) mass is 260 g/mol. The van der Waals surface area contributed by atoms with Crippen molar-refractivity contribution in [2.45, 2.75) is 16.7 Å². The zero-order valence-corrected chi connectivity index (χ0v) is 10.6. The van der Waals surface area contributed by atoms with Crippen LogP contribution in [0.2, 0.25) is 0 Å². The van der Waals surface area contributed by atoms with Crippen molar-refractivity contribution in [3.05, 3.63) is 59.7 Å². The molecule has 0 aliphatic heterocycles. The highest BCUT2D eigenvalue weighted by atomic mass is 32.2. The van der Waals surface area contributed by atoms with E-state index < -0.39 is 16.8 Å². The molecule has 0 aliphatic rings. The third-order valence-electron chi connectivity index (χ3n) is 2.61. The molecule has 3 nitrogen and oxygen atoms in total. The van der Waals surface area contributed by atoms with Gasteiger partial charge in [0, 0.05) is 4.90 Å². The summed E-state index contributed by atoms with van der Waals surface area (Å²) in [7, 11) is -1.47. The Labute approximate surface area is 108 Å². The van der Waals surface area contributed by atoms with Crippen LogP contribution in [-0.2, 0) is 10.8 Å². The lowest BCUT2D eigenvalue weighted by Gasteiger charge is -2.08. The molecule has 92 valence electrons. The number of carboxylic acid groups (broad SMARTS) is 1. The average molecular weight is 260 g/mol. The predicted octanol–water partition coefficient (Wildman–Crippen LogP) is 2.86. The number of aryl methyl sites for hydroxylation is 1. The zero-order valence-electron chi connectivity index (χ0n) is 9.79. The van der Waals surface area contributed by atoms with Crippen LogP contribution in [0.5, 0.6) is 0 Å². The Kier molecular flexibility index (Phi) is 3.58. The van der Waals surface area contributed by atoms with E-state index in [1.54, 1.807) is 30.3 Å². The van der Waals surface area contributed by atoms with Crippen LogP contribution in [0.4, 0.5) is 0 Å². The number of benzene rings is 2. The van der Waals surface area contributed by atoms with E-state index in [-0.39, 0.29) is 5.56 Å². The largest absolute Gasteiger partial charge is 0.478 e. The molecule has 0 saturated carbocycles. The molecule has 0 aliphatic carbocycles. The van der Waals surface area contributed by atoms with Gasteiger partial charge in [0.1, 0.15) is 0 Å². The Morgan fingerprint density at radius 3 is 2.17 bits per heavy atom. The Hall–Kier alpha value is -1.94. The molecule has 2 aromatic carbocycles. The van der Waals surface area contributed by atoms with Crippen molar-refractivity contribution in [1.29, 1.82) is 0 Å². The Balaban J connectivity index is 2.54. The number of hydrogen-bond acceptors (Lipinski definition) is 2. The van der Waals surface area contributed by atoms with Gasteiger partial charge in [-0.25, -0.2) is 9.00 Å². The third kappa shape index (κ3) is 2.33. The lowest BCUT2D eigenvalue weighted by molar-refractivity contribution is 0.0693. The van der Waals surface area contributed by atoms with Gasteiger partial charge in [-0.05, 0) is 30.7 Å². The van der Waals surface area contributed by atoms with Crippen LogP contribution in [0.15, 0.2) is 58.3 Å². The minimum atomic E-state index is -1.47. The maximum Gasteiger partial charge on any atom is 0.336 e. The van der Waals surface area contributed by atoms with Crippen molar-refractivity contribution in [2.75, 3.05) is 0 Å². The first kappa shape index (κ1) is 12.5. The topological polar surface area (TPSA) is 54.4 Å². The van der Waals surface area contributed by atoms with Crippen LogP contribution in [0.3, 0.4) is 0 Å². The molecule has 1 atom stereocenters. The van der Waals surface area contributed by atoms with Gasteiger partial charge in [0.15, 0.2) is 0 Å². The van der Waals surface area contributed by atoms with Crippen molar-refractivity contribution >= 4 is 16.8 Å². The molecule has 0 amide bonds. The van der Waals surface area contributed by atoms with Gasteiger partial charge in [-0.3, -0.25) is 0 Å². The second kappa shape index (κ2) is 5.14. The summed E-state index contributed by atoms with van der Waals surface area (Å²) in [6.45, 7) is 1.86. The normalized spacial score (nSPS) is 12.1. The second-order valence-corrected chi connectivity index (χ2v) is 5.25. The van der Waals surface area contributed by atoms with Crippen LogP contribution in [0, 0.1) is 6.92 Å². The lowest BCUT2D eigenvalue weighted by Crippen LogP contribution is -2.05. The third-order valence-corrected chi connectivity index (χ3v) is 4.22. The summed E-state index contributed by atoms with van der Waals surface area (Å²) in [5, 5.41) is 9.10. The highest BCUT2D eigenvalue weighted by Gasteiger charge is 2.16. The SMILES string of the molecule is Cc1ccccc1[S@](=O)c1ccccc1C(=O)O. The van der Waals surface area contributed by atoms with Gasteiger partial charge in [0.2, 0.25) is 0 Å². The van der Waals surface area contributed by atoms with Gasteiger partial charge in [0.25, 0.3) is 0 Å². The van der Waals surface area contributed by atoms with Gasteiger partial charge in [-0.1, -0.05) is 30.3 Å². The molecule has 0 bridgehead atoms. The molecule has 0 aromatic heterocycles. The highest BCUT2D eigenvalue weighted by molar-refractivity contribution is 7.85. The van der Waals surface area contributed by atoms with Gasteiger partial charge in [-0.2, -0.15) is 0 Å². The van der Waals surface area contributed by atoms with Crippen molar-refractivity contribution in [3.8, 4) is 0 Å². The summed E-state index contributed by atoms with van der Waals surface area (Å²) in [6, 6.07) is 13.6. The molecule has 0 radical (unpaired) electrons. The zero-order chi connectivity index (χ0) is 13.1. The van der Waals surface area contributed by atoms with Crippen molar-refractivity contribution in [1.82, 2.24) is 0 Å². The molecule has 0 spiro atoms. The van der Waals surface area contributed by atoms with Crippen LogP contribution < -0.4 is 0 Å². The molecule has 18 heavy (non-hydrogen) atoms. The first-order chi connectivity index (χ1) is 8.61. The van der Waals surface area contributed by atoms with E-state index >= 15 is 0 Å². The first-order valence-electron chi connectivity index (χ1n) is 5.41. The summed E-state index contributed by atoms with van der Waals surface area (Å²) < 4.78 is 12.4. The van der Waals surface area contributed by atoms with Crippen LogP contribution >= 0.6 is 0 Å². The van der Waals surface area contributed by atoms with E-state index in [1.165, 1.54) is 6.07 Å². The summed E-state index contributed by atoms with van der Waals surface area (Å²) >= 11 is 0. The van der Waals surface area contributed by atoms with E-state index in [2.05, 4.69) is 0 Å². The standard InChI is InChI=1S/C14H12O3S/c1-10-6-2-4-8-12(10)18(17)13-9-5-3-7-11(13)14(15)16/h2-9H,1H3,(H,15,16)/t18-/m0/s1. The minimum absolute atomic E-state index is 0.0825. The van der Waals surface area contributed by atoms with Crippen LogP contribution in [0.25, 0.3) is 0 Å². The van der Waals surface area contributed by atoms with Crippen molar-refractivity contribution < 1.29 is 14.1 Å². The molecular weight excluding hydrogens is 248 g/mol. The maximum atomic E-state index is 12.4. The molecular formula is C14H12O3S. The summed E-state index contributed by atoms with van der Waals surface area (Å²) in [4.78, 5) is 12.1. The molecule has 2 rings (SSSR count). The number of hydrogen-bond donors (Lipinski definition) is 1. The van der Waals surface area contributed by atoms with E-state index in [4.69, 9.17) is 5.11 Å². The van der Waals surface area contributed by atoms with Crippen molar-refractivity contribution in [3.63, 3.8) is 0 Å². The number of aromatic carboxylic acids is 1. The molecule has 0 heterocycles. The summed E-state index contributed by atoms with van der Waals surface area (Å²) in [5.41, 5.74) is 0.968. The Bertz CT molecular complexity index is 620. The quantitative estimate of drug-likeness (QED) is 0.923. The van der Waals surface area contributed by atoms with E-state index in [1.807, 2.05) is 19.1 Å². The van der Waals surface area contributed by atoms with Crippen LogP contribution in [-0.4, -0.2) is 15.3 Å². The van der Waals surface area contributed by atoms with Gasteiger partial charge in [-0.15, -0.1) is 0 Å². The fourth-order valence-corrected chi connectivity index (χ4v) is 3.04. The lowest BCUT2D eigenvalue weighted by atomic mass is 10.2.